The van der Waals surface area contributed by atoms with Gasteiger partial charge in [0.2, 0.25) is 0 Å². The van der Waals surface area contributed by atoms with Crippen molar-refractivity contribution >= 4 is 11.6 Å². The standard InChI is InChI=1S/C21H21Cl/c22-17-5-6-20-19-4-2-1-3-18(19)15-8-13-7-14(9-15)11-16(10-13)21(20)12-17/h1-6,12-16H,7-11H2. The summed E-state index contributed by atoms with van der Waals surface area (Å²) in [6, 6.07) is 15.7. The molecule has 0 saturated heterocycles. The Kier molecular flexibility index (Phi) is 2.92. The van der Waals surface area contributed by atoms with Crippen LogP contribution in [0.4, 0.5) is 0 Å². The summed E-state index contributed by atoms with van der Waals surface area (Å²) in [5, 5.41) is 0.893. The quantitative estimate of drug-likeness (QED) is 0.528. The first-order valence-corrected chi connectivity index (χ1v) is 9.04. The first-order chi connectivity index (χ1) is 10.8. The van der Waals surface area contributed by atoms with Gasteiger partial charge in [0.15, 0.2) is 0 Å². The van der Waals surface area contributed by atoms with Gasteiger partial charge in [-0.25, -0.2) is 0 Å². The molecular weight excluding hydrogens is 288 g/mol. The highest BCUT2D eigenvalue weighted by molar-refractivity contribution is 6.30. The van der Waals surface area contributed by atoms with Crippen molar-refractivity contribution in [3.05, 3.63) is 58.6 Å². The summed E-state index contributed by atoms with van der Waals surface area (Å²) in [5.74, 6) is 3.31. The second-order valence-corrected chi connectivity index (χ2v) is 8.06. The fourth-order valence-electron chi connectivity index (χ4n) is 5.57. The van der Waals surface area contributed by atoms with Crippen molar-refractivity contribution in [2.24, 2.45) is 11.8 Å². The minimum absolute atomic E-state index is 0.713. The average Bonchev–Trinajstić information content (AvgIpc) is 2.58. The zero-order valence-electron chi connectivity index (χ0n) is 12.8. The Balaban J connectivity index is 1.81. The van der Waals surface area contributed by atoms with Gasteiger partial charge >= 0.3 is 0 Å². The highest BCUT2D eigenvalue weighted by atomic mass is 35.5. The van der Waals surface area contributed by atoms with Crippen LogP contribution in [0.3, 0.4) is 0 Å². The van der Waals surface area contributed by atoms with Crippen molar-refractivity contribution in [3.63, 3.8) is 0 Å². The van der Waals surface area contributed by atoms with Crippen molar-refractivity contribution < 1.29 is 0 Å². The minimum Gasteiger partial charge on any atom is -0.0843 e. The molecule has 6 rings (SSSR count). The van der Waals surface area contributed by atoms with Crippen molar-refractivity contribution in [1.29, 1.82) is 0 Å². The van der Waals surface area contributed by atoms with Crippen molar-refractivity contribution in [1.82, 2.24) is 0 Å². The van der Waals surface area contributed by atoms with Crippen molar-refractivity contribution in [2.45, 2.75) is 43.9 Å². The maximum absolute atomic E-state index is 6.36. The lowest BCUT2D eigenvalue weighted by Gasteiger charge is -2.42. The topological polar surface area (TPSA) is 0 Å². The Morgan fingerprint density at radius 1 is 0.682 bits per heavy atom. The van der Waals surface area contributed by atoms with Gasteiger partial charge in [-0.3, -0.25) is 0 Å². The zero-order valence-corrected chi connectivity index (χ0v) is 13.5. The predicted octanol–water partition coefficient (Wildman–Crippen LogP) is 6.40. The van der Waals surface area contributed by atoms with Gasteiger partial charge in [0.1, 0.15) is 0 Å². The van der Waals surface area contributed by atoms with Crippen LogP contribution < -0.4 is 0 Å². The Labute approximate surface area is 137 Å². The summed E-state index contributed by atoms with van der Waals surface area (Å²) in [7, 11) is 0. The summed E-state index contributed by atoms with van der Waals surface area (Å²) >= 11 is 6.36. The summed E-state index contributed by atoms with van der Waals surface area (Å²) in [6.07, 6.45) is 6.99. The summed E-state index contributed by atoms with van der Waals surface area (Å²) in [4.78, 5) is 0. The van der Waals surface area contributed by atoms with Crippen LogP contribution in [0.2, 0.25) is 5.02 Å². The highest BCUT2D eigenvalue weighted by Crippen LogP contribution is 2.55. The second-order valence-electron chi connectivity index (χ2n) is 7.62. The molecule has 0 radical (unpaired) electrons. The maximum atomic E-state index is 6.36. The highest BCUT2D eigenvalue weighted by Gasteiger charge is 2.39. The van der Waals surface area contributed by atoms with Crippen LogP contribution in [0.1, 0.15) is 55.1 Å². The average molecular weight is 309 g/mol. The van der Waals surface area contributed by atoms with E-state index in [1.54, 1.807) is 5.56 Å². The summed E-state index contributed by atoms with van der Waals surface area (Å²) in [6.45, 7) is 0. The van der Waals surface area contributed by atoms with E-state index in [1.165, 1.54) is 48.8 Å². The SMILES string of the molecule is Clc1ccc2c(c1)C1CC3CC(CC(C3)c3ccccc3-2)C1. The summed E-state index contributed by atoms with van der Waals surface area (Å²) < 4.78 is 0. The van der Waals surface area contributed by atoms with Crippen LogP contribution in [0.5, 0.6) is 0 Å². The Bertz CT molecular complexity index is 718. The second kappa shape index (κ2) is 4.86. The molecule has 0 N–H and O–H groups in total. The third kappa shape index (κ3) is 1.97. The van der Waals surface area contributed by atoms with E-state index in [4.69, 9.17) is 11.6 Å². The molecule has 2 unspecified atom stereocenters. The van der Waals surface area contributed by atoms with Crippen LogP contribution in [-0.2, 0) is 0 Å². The molecule has 4 aliphatic rings. The van der Waals surface area contributed by atoms with Crippen LogP contribution in [0.15, 0.2) is 42.5 Å². The third-order valence-electron chi connectivity index (χ3n) is 6.28. The number of hydrogen-bond donors (Lipinski definition) is 0. The molecule has 22 heavy (non-hydrogen) atoms. The first-order valence-electron chi connectivity index (χ1n) is 8.66. The number of hydrogen-bond acceptors (Lipinski definition) is 0. The molecule has 2 aromatic carbocycles. The van der Waals surface area contributed by atoms with Gasteiger partial charge in [-0.05, 0) is 90.2 Å². The molecule has 0 nitrogen and oxygen atoms in total. The van der Waals surface area contributed by atoms with Gasteiger partial charge in [-0.1, -0.05) is 41.9 Å². The van der Waals surface area contributed by atoms with E-state index in [2.05, 4.69) is 42.5 Å². The molecular formula is C21H21Cl. The largest absolute Gasteiger partial charge is 0.0843 e. The fourth-order valence-corrected chi connectivity index (χ4v) is 5.75. The van der Waals surface area contributed by atoms with Gasteiger partial charge in [-0.15, -0.1) is 0 Å². The smallest absolute Gasteiger partial charge is 0.0409 e. The van der Waals surface area contributed by atoms with Gasteiger partial charge in [0.25, 0.3) is 0 Å². The van der Waals surface area contributed by atoms with Crippen LogP contribution >= 0.6 is 11.6 Å². The molecule has 2 atom stereocenters. The molecule has 112 valence electrons. The normalized spacial score (nSPS) is 31.9. The van der Waals surface area contributed by atoms with Crippen molar-refractivity contribution in [2.75, 3.05) is 0 Å². The molecule has 0 spiro atoms. The van der Waals surface area contributed by atoms with E-state index in [-0.39, 0.29) is 0 Å². The lowest BCUT2D eigenvalue weighted by atomic mass is 9.63. The molecule has 2 saturated carbocycles. The van der Waals surface area contributed by atoms with E-state index < -0.39 is 0 Å². The predicted molar refractivity (Wildman–Crippen MR) is 92.4 cm³/mol. The molecule has 0 amide bonds. The van der Waals surface area contributed by atoms with E-state index in [0.717, 1.165) is 22.8 Å². The van der Waals surface area contributed by atoms with Gasteiger partial charge < -0.3 is 0 Å². The van der Waals surface area contributed by atoms with Gasteiger partial charge in [0, 0.05) is 5.02 Å². The van der Waals surface area contributed by atoms with Gasteiger partial charge in [-0.2, -0.15) is 0 Å². The van der Waals surface area contributed by atoms with Crippen LogP contribution in [0.25, 0.3) is 11.1 Å². The number of rotatable bonds is 0. The third-order valence-corrected chi connectivity index (χ3v) is 6.52. The summed E-state index contributed by atoms with van der Waals surface area (Å²) in [5.41, 5.74) is 6.01. The minimum atomic E-state index is 0.713. The van der Waals surface area contributed by atoms with E-state index in [9.17, 15) is 0 Å². The molecule has 2 aromatic rings. The van der Waals surface area contributed by atoms with E-state index in [0.29, 0.717) is 5.92 Å². The Hall–Kier alpha value is -1.27. The van der Waals surface area contributed by atoms with Crippen LogP contribution in [-0.4, -0.2) is 0 Å². The Morgan fingerprint density at radius 3 is 2.09 bits per heavy atom. The maximum Gasteiger partial charge on any atom is 0.0409 e. The molecule has 4 bridgehead atoms. The number of benzene rings is 2. The lowest BCUT2D eigenvalue weighted by Crippen LogP contribution is -2.29. The van der Waals surface area contributed by atoms with Crippen molar-refractivity contribution in [3.8, 4) is 11.1 Å². The monoisotopic (exact) mass is 308 g/mol. The molecule has 1 heteroatoms. The zero-order chi connectivity index (χ0) is 14.7. The van der Waals surface area contributed by atoms with E-state index >= 15 is 0 Å². The lowest BCUT2D eigenvalue weighted by molar-refractivity contribution is 0.153. The fraction of sp³-hybridized carbons (Fsp3) is 0.429. The van der Waals surface area contributed by atoms with Crippen LogP contribution in [0, 0.1) is 11.8 Å². The molecule has 0 aromatic heterocycles. The molecule has 2 fully saturated rings. The Morgan fingerprint density at radius 2 is 1.32 bits per heavy atom. The molecule has 4 aliphatic carbocycles. The number of halogens is 1. The van der Waals surface area contributed by atoms with Gasteiger partial charge in [0.05, 0.1) is 0 Å². The molecule has 0 heterocycles. The molecule has 0 aliphatic heterocycles. The van der Waals surface area contributed by atoms with E-state index in [1.807, 2.05) is 0 Å². The first kappa shape index (κ1) is 13.2.